The molecule has 3 amide bonds. The van der Waals surface area contributed by atoms with Crippen LogP contribution in [0.5, 0.6) is 0 Å². The minimum absolute atomic E-state index is 0.0289. The van der Waals surface area contributed by atoms with Gasteiger partial charge in [0.2, 0.25) is 11.8 Å². The van der Waals surface area contributed by atoms with Gasteiger partial charge in [-0.15, -0.1) is 0 Å². The topological polar surface area (TPSA) is 127 Å². The van der Waals surface area contributed by atoms with Crippen molar-refractivity contribution in [2.75, 3.05) is 6.54 Å². The molecule has 2 aliphatic rings. The van der Waals surface area contributed by atoms with Gasteiger partial charge in [0, 0.05) is 29.4 Å². The molecule has 4 N–H and O–H groups in total. The summed E-state index contributed by atoms with van der Waals surface area (Å²) in [6.07, 6.45) is 3.94. The minimum Gasteiger partial charge on any atom is -0.356 e. The van der Waals surface area contributed by atoms with Gasteiger partial charge in [-0.2, -0.15) is 5.26 Å². The number of aromatic amines is 1. The number of fused-ring (bicyclic) bond motifs is 1. The molecule has 0 bridgehead atoms. The lowest BCUT2D eigenvalue weighted by Gasteiger charge is -2.23. The molecule has 1 saturated carbocycles. The third-order valence-electron chi connectivity index (χ3n) is 6.08. The van der Waals surface area contributed by atoms with E-state index in [1.165, 1.54) is 0 Å². The molecule has 3 atom stereocenters. The third kappa shape index (κ3) is 5.23. The zero-order chi connectivity index (χ0) is 21.8. The summed E-state index contributed by atoms with van der Waals surface area (Å²) in [5, 5.41) is 18.7. The molecule has 0 radical (unpaired) electrons. The fraction of sp³-hybridized carbons (Fsp3) is 0.478. The van der Waals surface area contributed by atoms with Gasteiger partial charge in [0.05, 0.1) is 12.5 Å². The normalized spacial score (nSPS) is 20.0. The summed E-state index contributed by atoms with van der Waals surface area (Å²) >= 11 is 0. The van der Waals surface area contributed by atoms with Crippen molar-refractivity contribution in [2.24, 2.45) is 11.8 Å². The van der Waals surface area contributed by atoms with Crippen molar-refractivity contribution in [1.82, 2.24) is 20.9 Å². The number of carbonyl (C=O) groups excluding carboxylic acids is 3. The first-order valence-corrected chi connectivity index (χ1v) is 10.9. The van der Waals surface area contributed by atoms with Gasteiger partial charge < -0.3 is 20.9 Å². The van der Waals surface area contributed by atoms with Crippen molar-refractivity contribution in [3.63, 3.8) is 0 Å². The number of hydrogen-bond donors (Lipinski definition) is 4. The summed E-state index contributed by atoms with van der Waals surface area (Å²) in [6.45, 7) is 0.627. The molecule has 8 heteroatoms. The van der Waals surface area contributed by atoms with E-state index < -0.39 is 12.1 Å². The predicted molar refractivity (Wildman–Crippen MR) is 115 cm³/mol. The number of hydrogen-bond acceptors (Lipinski definition) is 4. The predicted octanol–water partition coefficient (Wildman–Crippen LogP) is 1.99. The Bertz CT molecular complexity index is 987. The van der Waals surface area contributed by atoms with Gasteiger partial charge in [-0.25, -0.2) is 0 Å². The number of rotatable bonds is 9. The zero-order valence-electron chi connectivity index (χ0n) is 17.3. The molecule has 2 fully saturated rings. The molecular weight excluding hydrogens is 394 g/mol. The number of nitrogens with zero attached hydrogens (tertiary/aromatic N) is 1. The molecule has 2 heterocycles. The maximum Gasteiger partial charge on any atom is 0.268 e. The monoisotopic (exact) mass is 421 g/mol. The molecule has 1 aromatic carbocycles. The van der Waals surface area contributed by atoms with Gasteiger partial charge in [-0.3, -0.25) is 14.4 Å². The standard InChI is InChI=1S/C23H27N5O3/c24-9-7-17(12-16-8-10-25-21(16)29)26-22(30)19(11-14-5-6-14)28-23(31)20-13-15-3-1-2-4-18(15)27-20/h1-4,13-14,16-17,19,27H,5-8,10-12H2,(H,25,29)(H,26,30)(H,28,31)/t16-,17+,19-/m0/s1. The van der Waals surface area contributed by atoms with Gasteiger partial charge >= 0.3 is 0 Å². The largest absolute Gasteiger partial charge is 0.356 e. The van der Waals surface area contributed by atoms with Crippen LogP contribution in [0.1, 0.15) is 49.0 Å². The molecule has 2 aromatic rings. The summed E-state index contributed by atoms with van der Waals surface area (Å²) in [7, 11) is 0. The molecule has 8 nitrogen and oxygen atoms in total. The minimum atomic E-state index is -0.676. The lowest BCUT2D eigenvalue weighted by molar-refractivity contribution is -0.125. The summed E-state index contributed by atoms with van der Waals surface area (Å²) in [4.78, 5) is 40.9. The van der Waals surface area contributed by atoms with E-state index in [0.29, 0.717) is 37.4 Å². The Hall–Kier alpha value is -3.34. The molecule has 31 heavy (non-hydrogen) atoms. The Balaban J connectivity index is 1.42. The van der Waals surface area contributed by atoms with E-state index in [2.05, 4.69) is 27.0 Å². The van der Waals surface area contributed by atoms with E-state index in [1.807, 2.05) is 24.3 Å². The van der Waals surface area contributed by atoms with Crippen molar-refractivity contribution in [2.45, 2.75) is 50.6 Å². The second kappa shape index (κ2) is 9.21. The first-order chi connectivity index (χ1) is 15.0. The van der Waals surface area contributed by atoms with Gasteiger partial charge in [0.1, 0.15) is 11.7 Å². The second-order valence-corrected chi connectivity index (χ2v) is 8.56. The average Bonchev–Trinajstić information content (AvgIpc) is 3.31. The van der Waals surface area contributed by atoms with E-state index in [9.17, 15) is 19.6 Å². The molecule has 1 aromatic heterocycles. The van der Waals surface area contributed by atoms with Crippen molar-refractivity contribution >= 4 is 28.6 Å². The summed E-state index contributed by atoms with van der Waals surface area (Å²) in [5.41, 5.74) is 1.27. The van der Waals surface area contributed by atoms with E-state index in [4.69, 9.17) is 0 Å². The van der Waals surface area contributed by atoms with E-state index >= 15 is 0 Å². The van der Waals surface area contributed by atoms with E-state index in [1.54, 1.807) is 6.07 Å². The van der Waals surface area contributed by atoms with Crippen LogP contribution in [0.2, 0.25) is 0 Å². The number of carbonyl (C=O) groups is 3. The summed E-state index contributed by atoms with van der Waals surface area (Å²) < 4.78 is 0. The molecule has 162 valence electrons. The van der Waals surface area contributed by atoms with E-state index in [0.717, 1.165) is 23.7 Å². The van der Waals surface area contributed by atoms with Gasteiger partial charge in [-0.05, 0) is 37.3 Å². The first kappa shape index (κ1) is 20.9. The molecule has 4 rings (SSSR count). The Morgan fingerprint density at radius 3 is 2.65 bits per heavy atom. The fourth-order valence-corrected chi connectivity index (χ4v) is 4.17. The summed E-state index contributed by atoms with van der Waals surface area (Å²) in [6, 6.07) is 10.4. The molecular formula is C23H27N5O3. The number of nitrogens with one attached hydrogen (secondary N) is 4. The number of aromatic nitrogens is 1. The highest BCUT2D eigenvalue weighted by Gasteiger charge is 2.33. The molecule has 0 spiro atoms. The van der Waals surface area contributed by atoms with Crippen LogP contribution >= 0.6 is 0 Å². The smallest absolute Gasteiger partial charge is 0.268 e. The van der Waals surface area contributed by atoms with Crippen LogP contribution in [-0.2, 0) is 9.59 Å². The van der Waals surface area contributed by atoms with Crippen molar-refractivity contribution in [3.8, 4) is 6.07 Å². The number of nitriles is 1. The van der Waals surface area contributed by atoms with Crippen LogP contribution in [0, 0.1) is 23.2 Å². The lowest BCUT2D eigenvalue weighted by Crippen LogP contribution is -2.50. The molecule has 0 unspecified atom stereocenters. The Morgan fingerprint density at radius 2 is 1.97 bits per heavy atom. The SMILES string of the molecule is N#CC[C@H](C[C@@H]1CCNC1=O)NC(=O)[C@H](CC1CC1)NC(=O)c1cc2ccccc2[nH]1. The number of H-pyrrole nitrogens is 1. The molecule has 1 saturated heterocycles. The van der Waals surface area contributed by atoms with Crippen LogP contribution in [-0.4, -0.2) is 41.3 Å². The first-order valence-electron chi connectivity index (χ1n) is 10.9. The van der Waals surface area contributed by atoms with Crippen LogP contribution in [0.4, 0.5) is 0 Å². The average molecular weight is 422 g/mol. The van der Waals surface area contributed by atoms with E-state index in [-0.39, 0.29) is 30.1 Å². The van der Waals surface area contributed by atoms with Crippen molar-refractivity contribution in [3.05, 3.63) is 36.0 Å². The van der Waals surface area contributed by atoms with Gasteiger partial charge in [-0.1, -0.05) is 31.0 Å². The second-order valence-electron chi connectivity index (χ2n) is 8.56. The third-order valence-corrected chi connectivity index (χ3v) is 6.08. The van der Waals surface area contributed by atoms with Gasteiger partial charge in [0.15, 0.2) is 0 Å². The Kier molecular flexibility index (Phi) is 6.21. The Morgan fingerprint density at radius 1 is 1.16 bits per heavy atom. The van der Waals surface area contributed by atoms with Gasteiger partial charge in [0.25, 0.3) is 5.91 Å². The van der Waals surface area contributed by atoms with Crippen molar-refractivity contribution in [1.29, 1.82) is 5.26 Å². The fourth-order valence-electron chi connectivity index (χ4n) is 4.17. The number of amides is 3. The van der Waals surface area contributed by atoms with Crippen LogP contribution in [0.15, 0.2) is 30.3 Å². The number of para-hydroxylation sites is 1. The lowest BCUT2D eigenvalue weighted by atomic mass is 9.96. The highest BCUT2D eigenvalue weighted by atomic mass is 16.2. The maximum atomic E-state index is 13.0. The van der Waals surface area contributed by atoms with Crippen molar-refractivity contribution < 1.29 is 14.4 Å². The molecule has 1 aliphatic carbocycles. The Labute approximate surface area is 180 Å². The van der Waals surface area contributed by atoms with Crippen LogP contribution < -0.4 is 16.0 Å². The van der Waals surface area contributed by atoms with Crippen LogP contribution in [0.25, 0.3) is 10.9 Å². The zero-order valence-corrected chi connectivity index (χ0v) is 17.3. The summed E-state index contributed by atoms with van der Waals surface area (Å²) in [5.74, 6) is -0.423. The number of benzene rings is 1. The van der Waals surface area contributed by atoms with Crippen LogP contribution in [0.3, 0.4) is 0 Å². The quantitative estimate of drug-likeness (QED) is 0.494. The maximum absolute atomic E-state index is 13.0. The molecule has 1 aliphatic heterocycles. The highest BCUT2D eigenvalue weighted by molar-refractivity contribution is 6.00. The highest BCUT2D eigenvalue weighted by Crippen LogP contribution is 2.33.